The largest absolute Gasteiger partial charge is 0.506 e. The average Bonchev–Trinajstić information content (AvgIpc) is 2.83. The minimum atomic E-state index is -0.863. The molecule has 0 saturated carbocycles. The van der Waals surface area contributed by atoms with Crippen molar-refractivity contribution in [2.75, 3.05) is 11.9 Å². The van der Waals surface area contributed by atoms with Crippen molar-refractivity contribution in [1.29, 1.82) is 0 Å². The second-order valence-corrected chi connectivity index (χ2v) is 9.48. The van der Waals surface area contributed by atoms with Crippen LogP contribution in [0.2, 0.25) is 0 Å². The van der Waals surface area contributed by atoms with E-state index in [1.165, 1.54) is 12.1 Å². The molecule has 0 aromatic heterocycles. The van der Waals surface area contributed by atoms with Crippen LogP contribution in [-0.2, 0) is 24.2 Å². The molecule has 190 valence electrons. The Balaban J connectivity index is 1.54. The monoisotopic (exact) mass is 490 g/mol. The van der Waals surface area contributed by atoms with Gasteiger partial charge in [0.2, 0.25) is 5.91 Å². The molecule has 0 bridgehead atoms. The van der Waals surface area contributed by atoms with Gasteiger partial charge in [0.1, 0.15) is 5.75 Å². The molecule has 36 heavy (non-hydrogen) atoms. The molecule has 0 saturated heterocycles. The molecule has 0 fully saturated rings. The van der Waals surface area contributed by atoms with E-state index in [2.05, 4.69) is 16.0 Å². The number of benzene rings is 3. The number of urea groups is 1. The fourth-order valence-electron chi connectivity index (χ4n) is 3.95. The maximum absolute atomic E-state index is 12.4. The predicted octanol–water partition coefficient (Wildman–Crippen LogP) is 3.39. The molecule has 3 aromatic rings. The molecule has 3 rings (SSSR count). The van der Waals surface area contributed by atoms with E-state index in [1.807, 2.05) is 68.4 Å². The molecule has 3 amide bonds. The number of aliphatic hydroxyl groups excluding tert-OH is 1. The van der Waals surface area contributed by atoms with Gasteiger partial charge in [0, 0.05) is 18.6 Å². The van der Waals surface area contributed by atoms with Crippen molar-refractivity contribution in [1.82, 2.24) is 10.6 Å². The molecule has 0 heterocycles. The molecule has 0 radical (unpaired) electrons. The maximum Gasteiger partial charge on any atom is 0.316 e. The standard InChI is InChI=1S/C28H34N4O4/c1-28(2,31-18-25(34)22-11-12-24(33)23(15-22)32-27(29)36)16-21-10-6-9-20(13-21)14-26(35)30-17-19-7-4-3-5-8-19/h3-13,15,25,31,33-34H,14,16-18H2,1-2H3,(H,30,35)(H3,29,32,36)/t25-/m0/s1. The van der Waals surface area contributed by atoms with Gasteiger partial charge in [0.05, 0.1) is 18.2 Å². The zero-order valence-electron chi connectivity index (χ0n) is 20.6. The van der Waals surface area contributed by atoms with E-state index >= 15 is 0 Å². The third-order valence-corrected chi connectivity index (χ3v) is 5.77. The van der Waals surface area contributed by atoms with Crippen LogP contribution in [0, 0.1) is 0 Å². The highest BCUT2D eigenvalue weighted by atomic mass is 16.3. The molecule has 7 N–H and O–H groups in total. The van der Waals surface area contributed by atoms with Crippen LogP contribution in [0.25, 0.3) is 0 Å². The molecule has 0 aliphatic carbocycles. The Morgan fingerprint density at radius 2 is 1.64 bits per heavy atom. The van der Waals surface area contributed by atoms with Gasteiger partial charge in [0.25, 0.3) is 0 Å². The lowest BCUT2D eigenvalue weighted by Crippen LogP contribution is -2.43. The summed E-state index contributed by atoms with van der Waals surface area (Å²) in [7, 11) is 0. The molecule has 0 unspecified atom stereocenters. The van der Waals surface area contributed by atoms with Crippen molar-refractivity contribution in [3.63, 3.8) is 0 Å². The Hall–Kier alpha value is -3.88. The summed E-state index contributed by atoms with van der Waals surface area (Å²) in [5, 5.41) is 29.2. The third-order valence-electron chi connectivity index (χ3n) is 5.77. The maximum atomic E-state index is 12.4. The van der Waals surface area contributed by atoms with Gasteiger partial charge in [-0.2, -0.15) is 0 Å². The zero-order chi connectivity index (χ0) is 26.1. The van der Waals surface area contributed by atoms with Gasteiger partial charge >= 0.3 is 6.03 Å². The predicted molar refractivity (Wildman–Crippen MR) is 140 cm³/mol. The van der Waals surface area contributed by atoms with Gasteiger partial charge in [-0.25, -0.2) is 4.79 Å². The summed E-state index contributed by atoms with van der Waals surface area (Å²) in [6.07, 6.45) is 0.122. The molecule has 0 aliphatic rings. The number of nitrogens with one attached hydrogen (secondary N) is 3. The Morgan fingerprint density at radius 1 is 0.944 bits per heavy atom. The molecule has 0 aliphatic heterocycles. The van der Waals surface area contributed by atoms with Crippen LogP contribution in [0.15, 0.2) is 72.8 Å². The van der Waals surface area contributed by atoms with Crippen molar-refractivity contribution in [3.8, 4) is 5.75 Å². The van der Waals surface area contributed by atoms with Crippen LogP contribution in [0.5, 0.6) is 5.75 Å². The first kappa shape index (κ1) is 26.7. The fraction of sp³-hybridized carbons (Fsp3) is 0.286. The average molecular weight is 491 g/mol. The first-order chi connectivity index (χ1) is 17.1. The summed E-state index contributed by atoms with van der Waals surface area (Å²) in [5.74, 6) is -0.165. The van der Waals surface area contributed by atoms with Crippen LogP contribution in [0.4, 0.5) is 10.5 Å². The summed E-state index contributed by atoms with van der Waals surface area (Å²) in [4.78, 5) is 23.5. The number of anilines is 1. The smallest absolute Gasteiger partial charge is 0.316 e. The molecule has 8 heteroatoms. The summed E-state index contributed by atoms with van der Waals surface area (Å²) < 4.78 is 0. The number of hydrogen-bond donors (Lipinski definition) is 6. The third kappa shape index (κ3) is 8.41. The van der Waals surface area contributed by atoms with E-state index in [0.717, 1.165) is 16.7 Å². The minimum Gasteiger partial charge on any atom is -0.506 e. The number of nitrogens with two attached hydrogens (primary N) is 1. The summed E-state index contributed by atoms with van der Waals surface area (Å²) in [6, 6.07) is 21.4. The van der Waals surface area contributed by atoms with E-state index in [-0.39, 0.29) is 29.4 Å². The summed E-state index contributed by atoms with van der Waals surface area (Å²) in [6.45, 7) is 4.83. The lowest BCUT2D eigenvalue weighted by Gasteiger charge is -2.28. The topological polar surface area (TPSA) is 137 Å². The number of β-amino-alcohol motifs (C(OH)–C–C–N with tert-alkyl or cyclic N) is 1. The van der Waals surface area contributed by atoms with Crippen molar-refractivity contribution in [2.24, 2.45) is 5.73 Å². The van der Waals surface area contributed by atoms with Gasteiger partial charge in [0.15, 0.2) is 0 Å². The number of carbonyl (C=O) groups excluding carboxylic acids is 2. The number of rotatable bonds is 11. The normalized spacial score (nSPS) is 12.1. The summed E-state index contributed by atoms with van der Waals surface area (Å²) >= 11 is 0. The van der Waals surface area contributed by atoms with Gasteiger partial charge < -0.3 is 31.9 Å². The Kier molecular flexibility index (Phi) is 9.05. The fourth-order valence-corrected chi connectivity index (χ4v) is 3.95. The number of carbonyl (C=O) groups is 2. The zero-order valence-corrected chi connectivity index (χ0v) is 20.6. The van der Waals surface area contributed by atoms with Gasteiger partial charge in [-0.1, -0.05) is 60.7 Å². The lowest BCUT2D eigenvalue weighted by atomic mass is 9.93. The Bertz CT molecular complexity index is 1180. The van der Waals surface area contributed by atoms with Gasteiger partial charge in [-0.05, 0) is 54.7 Å². The first-order valence-electron chi connectivity index (χ1n) is 11.8. The molecule has 1 atom stereocenters. The Morgan fingerprint density at radius 3 is 2.36 bits per heavy atom. The van der Waals surface area contributed by atoms with Crippen molar-refractivity contribution >= 4 is 17.6 Å². The van der Waals surface area contributed by atoms with Gasteiger partial charge in [-0.15, -0.1) is 0 Å². The van der Waals surface area contributed by atoms with Crippen LogP contribution in [-0.4, -0.2) is 34.2 Å². The van der Waals surface area contributed by atoms with E-state index in [1.54, 1.807) is 6.07 Å². The summed E-state index contributed by atoms with van der Waals surface area (Å²) in [5.41, 5.74) is 8.52. The number of phenolic OH excluding ortho intramolecular Hbond substituents is 1. The highest BCUT2D eigenvalue weighted by Crippen LogP contribution is 2.27. The van der Waals surface area contributed by atoms with Crippen LogP contribution < -0.4 is 21.7 Å². The van der Waals surface area contributed by atoms with Crippen molar-refractivity contribution < 1.29 is 19.8 Å². The number of aliphatic hydroxyl groups is 1. The number of phenols is 1. The second-order valence-electron chi connectivity index (χ2n) is 9.48. The van der Waals surface area contributed by atoms with Crippen LogP contribution in [0.1, 0.15) is 42.2 Å². The van der Waals surface area contributed by atoms with E-state index in [0.29, 0.717) is 24.9 Å². The SMILES string of the molecule is CC(C)(Cc1cccc(CC(=O)NCc2ccccc2)c1)NC[C@H](O)c1ccc(O)c(NC(N)=O)c1. The van der Waals surface area contributed by atoms with Gasteiger partial charge in [-0.3, -0.25) is 4.79 Å². The van der Waals surface area contributed by atoms with Crippen molar-refractivity contribution in [3.05, 3.63) is 95.1 Å². The highest BCUT2D eigenvalue weighted by Gasteiger charge is 2.21. The Labute approximate surface area is 211 Å². The molecule has 8 nitrogen and oxygen atoms in total. The van der Waals surface area contributed by atoms with Crippen LogP contribution in [0.3, 0.4) is 0 Å². The van der Waals surface area contributed by atoms with E-state index < -0.39 is 12.1 Å². The second kappa shape index (κ2) is 12.2. The molecule has 3 aromatic carbocycles. The van der Waals surface area contributed by atoms with Crippen LogP contribution >= 0.6 is 0 Å². The minimum absolute atomic E-state index is 0.0318. The number of primary amides is 1. The van der Waals surface area contributed by atoms with E-state index in [4.69, 9.17) is 5.73 Å². The first-order valence-corrected chi connectivity index (χ1v) is 11.8. The number of amides is 3. The lowest BCUT2D eigenvalue weighted by molar-refractivity contribution is -0.120. The highest BCUT2D eigenvalue weighted by molar-refractivity contribution is 5.89. The van der Waals surface area contributed by atoms with Crippen molar-refractivity contribution in [2.45, 2.75) is 44.9 Å². The number of hydrogen-bond acceptors (Lipinski definition) is 5. The molecule has 0 spiro atoms. The quantitative estimate of drug-likeness (QED) is 0.229. The molecular formula is C28H34N4O4. The number of aromatic hydroxyl groups is 1. The van der Waals surface area contributed by atoms with E-state index in [9.17, 15) is 19.8 Å². The molecular weight excluding hydrogens is 456 g/mol.